The maximum atomic E-state index is 14.7. The van der Waals surface area contributed by atoms with Crippen LogP contribution in [0.25, 0.3) is 11.4 Å². The van der Waals surface area contributed by atoms with Gasteiger partial charge in [-0.05, 0) is 63.1 Å². The molecular formula is C27H31F2N5O4S. The minimum atomic E-state index is -3.97. The number of carbonyl (C=O) groups excluding carboxylic acids is 1. The third-order valence-electron chi connectivity index (χ3n) is 7.03. The summed E-state index contributed by atoms with van der Waals surface area (Å²) >= 11 is 0. The molecule has 1 saturated heterocycles. The van der Waals surface area contributed by atoms with Gasteiger partial charge in [0.25, 0.3) is 0 Å². The minimum absolute atomic E-state index is 0.00229. The lowest BCUT2D eigenvalue weighted by Gasteiger charge is -2.41. The molecular weight excluding hydrogens is 528 g/mol. The molecule has 2 heterocycles. The number of hydrogen-bond acceptors (Lipinski definition) is 7. The summed E-state index contributed by atoms with van der Waals surface area (Å²) in [6, 6.07) is 11.5. The van der Waals surface area contributed by atoms with Crippen molar-refractivity contribution in [2.75, 3.05) is 36.5 Å². The molecule has 2 aliphatic rings. The average Bonchev–Trinajstić information content (AvgIpc) is 3.72. The Labute approximate surface area is 227 Å². The van der Waals surface area contributed by atoms with E-state index in [1.807, 2.05) is 13.8 Å². The molecule has 3 aromatic rings. The van der Waals surface area contributed by atoms with Crippen LogP contribution in [0.1, 0.15) is 32.4 Å². The summed E-state index contributed by atoms with van der Waals surface area (Å²) in [6.45, 7) is 5.87. The van der Waals surface area contributed by atoms with Gasteiger partial charge in [0.2, 0.25) is 0 Å². The molecule has 1 aliphatic heterocycles. The molecule has 4 N–H and O–H groups in total. The molecule has 0 radical (unpaired) electrons. The second-order valence-corrected chi connectivity index (χ2v) is 12.0. The van der Waals surface area contributed by atoms with Gasteiger partial charge in [0.1, 0.15) is 27.1 Å². The van der Waals surface area contributed by atoms with Crippen molar-refractivity contribution < 1.29 is 27.4 Å². The van der Waals surface area contributed by atoms with Gasteiger partial charge in [0.15, 0.2) is 5.82 Å². The van der Waals surface area contributed by atoms with Gasteiger partial charge in [0, 0.05) is 30.4 Å². The van der Waals surface area contributed by atoms with Crippen molar-refractivity contribution in [3.63, 3.8) is 0 Å². The number of rotatable bonds is 7. The topological polar surface area (TPSA) is 120 Å². The number of benzene rings is 2. The molecule has 2 fully saturated rings. The number of morpholine rings is 1. The zero-order valence-corrected chi connectivity index (χ0v) is 22.5. The van der Waals surface area contributed by atoms with Gasteiger partial charge in [-0.3, -0.25) is 9.11 Å². The van der Waals surface area contributed by atoms with Crippen LogP contribution in [0, 0.1) is 11.6 Å². The average molecular weight is 560 g/mol. The van der Waals surface area contributed by atoms with E-state index in [1.54, 1.807) is 30.3 Å². The largest absolute Gasteiger partial charge is 0.377 e. The number of amides is 2. The molecule has 12 heteroatoms. The lowest BCUT2D eigenvalue weighted by Crippen LogP contribution is -2.44. The number of anilines is 2. The van der Waals surface area contributed by atoms with Crippen molar-refractivity contribution in [3.8, 4) is 11.4 Å². The lowest BCUT2D eigenvalue weighted by molar-refractivity contribution is 0.0985. The van der Waals surface area contributed by atoms with Gasteiger partial charge in [-0.2, -0.15) is 10.6 Å². The molecule has 0 unspecified atom stereocenters. The van der Waals surface area contributed by atoms with E-state index in [9.17, 15) is 22.7 Å². The van der Waals surface area contributed by atoms with E-state index in [-0.39, 0.29) is 12.1 Å². The number of aromatic nitrogens is 2. The first-order chi connectivity index (χ1) is 18.7. The standard InChI is InChI=1S/C27H31F2N5O4S/c1-3-30-26(35)31-19-9-7-18(8-10-19)25-32-22(15-23(33-25)34-13-14-38-16-17(34)2)27(11-12-27)39(36,37)24-20(28)5-4-6-21(24)29/h4-10,15,17,36-37H,3,11-14,16H2,1-2H3,(H2,30,31,35)/t17-/m0/s1. The summed E-state index contributed by atoms with van der Waals surface area (Å²) in [6.07, 6.45) is 0.597. The predicted molar refractivity (Wildman–Crippen MR) is 146 cm³/mol. The quantitative estimate of drug-likeness (QED) is 0.298. The Kier molecular flexibility index (Phi) is 7.47. The predicted octanol–water partition coefficient (Wildman–Crippen LogP) is 5.59. The third-order valence-corrected chi connectivity index (χ3v) is 9.70. The zero-order chi connectivity index (χ0) is 27.8. The van der Waals surface area contributed by atoms with Crippen LogP contribution >= 0.6 is 10.6 Å². The molecule has 1 saturated carbocycles. The van der Waals surface area contributed by atoms with Gasteiger partial charge in [-0.25, -0.2) is 23.5 Å². The molecule has 0 bridgehead atoms. The molecule has 208 valence electrons. The van der Waals surface area contributed by atoms with E-state index in [4.69, 9.17) is 14.7 Å². The fraction of sp³-hybridized carbons (Fsp3) is 0.370. The third kappa shape index (κ3) is 5.17. The number of nitrogens with zero attached hydrogens (tertiary/aromatic N) is 3. The molecule has 1 aliphatic carbocycles. The molecule has 1 atom stereocenters. The Bertz CT molecular complexity index is 1350. The number of ether oxygens (including phenoxy) is 1. The highest BCUT2D eigenvalue weighted by Gasteiger charge is 2.59. The number of carbonyl (C=O) groups is 1. The second-order valence-electron chi connectivity index (χ2n) is 9.71. The number of nitrogens with one attached hydrogen (secondary N) is 2. The summed E-state index contributed by atoms with van der Waals surface area (Å²) in [5, 5.41) is 5.40. The first-order valence-electron chi connectivity index (χ1n) is 12.8. The van der Waals surface area contributed by atoms with Gasteiger partial charge >= 0.3 is 6.03 Å². The van der Waals surface area contributed by atoms with Gasteiger partial charge in [-0.15, -0.1) is 0 Å². The minimum Gasteiger partial charge on any atom is -0.377 e. The van der Waals surface area contributed by atoms with Crippen LogP contribution in [-0.2, 0) is 9.48 Å². The Morgan fingerprint density at radius 2 is 1.85 bits per heavy atom. The van der Waals surface area contributed by atoms with Gasteiger partial charge in [0.05, 0.1) is 24.9 Å². The zero-order valence-electron chi connectivity index (χ0n) is 21.7. The Morgan fingerprint density at radius 1 is 1.15 bits per heavy atom. The van der Waals surface area contributed by atoms with Crippen LogP contribution < -0.4 is 15.5 Å². The van der Waals surface area contributed by atoms with Crippen LogP contribution in [0.15, 0.2) is 53.4 Å². The lowest BCUT2D eigenvalue weighted by atomic mass is 10.1. The highest BCUT2D eigenvalue weighted by atomic mass is 32.3. The maximum Gasteiger partial charge on any atom is 0.319 e. The van der Waals surface area contributed by atoms with Crippen LogP contribution in [-0.4, -0.2) is 57.4 Å². The number of hydrogen-bond donors (Lipinski definition) is 4. The first kappa shape index (κ1) is 27.3. The van der Waals surface area contributed by atoms with E-state index in [2.05, 4.69) is 15.5 Å². The fourth-order valence-electron chi connectivity index (χ4n) is 4.80. The van der Waals surface area contributed by atoms with Crippen LogP contribution in [0.4, 0.5) is 25.1 Å². The summed E-state index contributed by atoms with van der Waals surface area (Å²) < 4.78 is 56.5. The van der Waals surface area contributed by atoms with Crippen LogP contribution in [0.3, 0.4) is 0 Å². The van der Waals surface area contributed by atoms with Crippen LogP contribution in [0.2, 0.25) is 0 Å². The summed E-state index contributed by atoms with van der Waals surface area (Å²) in [5.74, 6) is -1.13. The van der Waals surface area contributed by atoms with E-state index in [0.29, 0.717) is 67.7 Å². The smallest absolute Gasteiger partial charge is 0.319 e. The van der Waals surface area contributed by atoms with E-state index in [0.717, 1.165) is 12.1 Å². The van der Waals surface area contributed by atoms with Crippen molar-refractivity contribution in [2.24, 2.45) is 0 Å². The van der Waals surface area contributed by atoms with Crippen molar-refractivity contribution in [3.05, 3.63) is 65.9 Å². The molecule has 9 nitrogen and oxygen atoms in total. The van der Waals surface area contributed by atoms with E-state index in [1.165, 1.54) is 6.07 Å². The SMILES string of the molecule is CCNC(=O)Nc1ccc(-c2nc(N3CCOC[C@@H]3C)cc(C3(S(O)(O)c4c(F)cccc4F)CC3)n2)cc1. The van der Waals surface area contributed by atoms with E-state index < -0.39 is 31.9 Å². The molecule has 2 aromatic carbocycles. The van der Waals surface area contributed by atoms with Crippen molar-refractivity contribution in [1.82, 2.24) is 15.3 Å². The monoisotopic (exact) mass is 559 g/mol. The summed E-state index contributed by atoms with van der Waals surface area (Å²) in [4.78, 5) is 22.7. The van der Waals surface area contributed by atoms with Crippen LogP contribution in [0.5, 0.6) is 0 Å². The summed E-state index contributed by atoms with van der Waals surface area (Å²) in [7, 11) is -3.97. The summed E-state index contributed by atoms with van der Waals surface area (Å²) in [5.41, 5.74) is 1.52. The highest BCUT2D eigenvalue weighted by Crippen LogP contribution is 2.75. The molecule has 1 aromatic heterocycles. The second kappa shape index (κ2) is 10.7. The molecule has 39 heavy (non-hydrogen) atoms. The molecule has 2 amide bonds. The van der Waals surface area contributed by atoms with Crippen molar-refractivity contribution in [1.29, 1.82) is 0 Å². The van der Waals surface area contributed by atoms with Gasteiger partial charge in [-0.1, -0.05) is 6.07 Å². The van der Waals surface area contributed by atoms with Crippen molar-refractivity contribution in [2.45, 2.75) is 42.4 Å². The molecule has 5 rings (SSSR count). The Hall–Kier alpha value is -3.32. The first-order valence-corrected chi connectivity index (χ1v) is 14.3. The number of urea groups is 1. The Balaban J connectivity index is 1.58. The molecule has 0 spiro atoms. The van der Waals surface area contributed by atoms with Crippen molar-refractivity contribution >= 4 is 28.1 Å². The highest BCUT2D eigenvalue weighted by molar-refractivity contribution is 8.25. The number of halogens is 2. The fourth-order valence-corrected chi connectivity index (χ4v) is 6.94. The Morgan fingerprint density at radius 3 is 2.46 bits per heavy atom. The maximum absolute atomic E-state index is 14.7. The van der Waals surface area contributed by atoms with E-state index >= 15 is 0 Å². The van der Waals surface area contributed by atoms with Gasteiger partial charge < -0.3 is 20.3 Å². The normalized spacial score (nSPS) is 18.9.